The quantitative estimate of drug-likeness (QED) is 0.781. The molecule has 0 bridgehead atoms. The topological polar surface area (TPSA) is 29.9 Å². The molecule has 110 valence electrons. The van der Waals surface area contributed by atoms with E-state index in [-0.39, 0.29) is 0 Å². The van der Waals surface area contributed by atoms with Crippen LogP contribution in [0.5, 0.6) is 0 Å². The molecule has 3 heteroatoms. The van der Waals surface area contributed by atoms with Gasteiger partial charge < -0.3 is 5.32 Å². The van der Waals surface area contributed by atoms with Gasteiger partial charge in [0.05, 0.1) is 5.69 Å². The third kappa shape index (κ3) is 4.34. The third-order valence-electron chi connectivity index (χ3n) is 4.33. The fourth-order valence-corrected chi connectivity index (χ4v) is 2.53. The van der Waals surface area contributed by atoms with Gasteiger partial charge in [-0.15, -0.1) is 0 Å². The highest BCUT2D eigenvalue weighted by Crippen LogP contribution is 2.30. The van der Waals surface area contributed by atoms with Crippen LogP contribution in [0.3, 0.4) is 0 Å². The molecule has 0 aliphatic rings. The fraction of sp³-hybridized carbons (Fsp3) is 0.812. The second kappa shape index (κ2) is 7.09. The molecule has 0 saturated carbocycles. The Morgan fingerprint density at radius 2 is 1.89 bits per heavy atom. The summed E-state index contributed by atoms with van der Waals surface area (Å²) in [7, 11) is 2.07. The maximum absolute atomic E-state index is 4.57. The van der Waals surface area contributed by atoms with Crippen LogP contribution in [0.4, 0.5) is 0 Å². The van der Waals surface area contributed by atoms with Crippen molar-refractivity contribution in [3.05, 3.63) is 17.5 Å². The summed E-state index contributed by atoms with van der Waals surface area (Å²) in [4.78, 5) is 0. The largest absolute Gasteiger partial charge is 0.314 e. The van der Waals surface area contributed by atoms with Gasteiger partial charge in [-0.05, 0) is 37.2 Å². The van der Waals surface area contributed by atoms with Crippen molar-refractivity contribution in [2.24, 2.45) is 12.5 Å². The Balaban J connectivity index is 2.84. The molecule has 1 aromatic rings. The lowest BCUT2D eigenvalue weighted by atomic mass is 9.78. The first-order valence-electron chi connectivity index (χ1n) is 7.71. The molecule has 3 nitrogen and oxygen atoms in total. The molecule has 0 spiro atoms. The molecular weight excluding hydrogens is 234 g/mol. The van der Waals surface area contributed by atoms with E-state index in [0.29, 0.717) is 11.5 Å². The van der Waals surface area contributed by atoms with E-state index in [1.165, 1.54) is 24.2 Å². The van der Waals surface area contributed by atoms with Gasteiger partial charge in [-0.1, -0.05) is 34.6 Å². The summed E-state index contributed by atoms with van der Waals surface area (Å²) in [5.41, 5.74) is 2.92. The number of hydrogen-bond donors (Lipinski definition) is 1. The van der Waals surface area contributed by atoms with Crippen molar-refractivity contribution >= 4 is 0 Å². The van der Waals surface area contributed by atoms with Crippen LogP contribution < -0.4 is 5.32 Å². The van der Waals surface area contributed by atoms with Crippen LogP contribution in [0.15, 0.2) is 6.07 Å². The van der Waals surface area contributed by atoms with Gasteiger partial charge in [0.25, 0.3) is 0 Å². The molecule has 1 aromatic heterocycles. The van der Waals surface area contributed by atoms with E-state index in [4.69, 9.17) is 0 Å². The first-order valence-corrected chi connectivity index (χ1v) is 7.71. The molecule has 0 radical (unpaired) electrons. The first-order chi connectivity index (χ1) is 8.96. The number of nitrogens with one attached hydrogen (secondary N) is 1. The van der Waals surface area contributed by atoms with E-state index in [9.17, 15) is 0 Å². The summed E-state index contributed by atoms with van der Waals surface area (Å²) < 4.78 is 2.06. The number of aromatic nitrogens is 2. The van der Waals surface area contributed by atoms with E-state index in [2.05, 4.69) is 62.8 Å². The fourth-order valence-electron chi connectivity index (χ4n) is 2.53. The van der Waals surface area contributed by atoms with Crippen molar-refractivity contribution < 1.29 is 0 Å². The van der Waals surface area contributed by atoms with E-state index in [1.54, 1.807) is 0 Å². The van der Waals surface area contributed by atoms with Crippen LogP contribution in [0, 0.1) is 5.41 Å². The highest BCUT2D eigenvalue weighted by molar-refractivity contribution is 5.12. The van der Waals surface area contributed by atoms with Crippen molar-refractivity contribution in [1.82, 2.24) is 15.1 Å². The number of nitrogens with zero attached hydrogens (tertiary/aromatic N) is 2. The highest BCUT2D eigenvalue weighted by atomic mass is 15.3. The lowest BCUT2D eigenvalue weighted by Gasteiger charge is -2.33. The summed E-state index contributed by atoms with van der Waals surface area (Å²) >= 11 is 0. The highest BCUT2D eigenvalue weighted by Gasteiger charge is 2.28. The van der Waals surface area contributed by atoms with Gasteiger partial charge in [-0.25, -0.2) is 0 Å². The Hall–Kier alpha value is -0.830. The van der Waals surface area contributed by atoms with Crippen LogP contribution >= 0.6 is 0 Å². The molecule has 1 N–H and O–H groups in total. The minimum Gasteiger partial charge on any atom is -0.314 e. The van der Waals surface area contributed by atoms with Crippen molar-refractivity contribution in [3.8, 4) is 0 Å². The van der Waals surface area contributed by atoms with Gasteiger partial charge in [-0.3, -0.25) is 4.68 Å². The average Bonchev–Trinajstić information content (AvgIpc) is 2.75. The Bertz CT molecular complexity index is 375. The van der Waals surface area contributed by atoms with E-state index in [1.807, 2.05) is 0 Å². The number of aryl methyl sites for hydroxylation is 2. The molecule has 0 atom stereocenters. The standard InChI is InChI=1S/C16H31N3/c1-7-14-10-15(19(6)18-14)11-16(8-2,9-3)12-17-13(4)5/h10,13,17H,7-9,11-12H2,1-6H3. The summed E-state index contributed by atoms with van der Waals surface area (Å²) in [6.07, 6.45) is 4.54. The molecule has 0 saturated heterocycles. The molecule has 0 unspecified atom stereocenters. The molecule has 0 aliphatic heterocycles. The second-order valence-corrected chi connectivity index (χ2v) is 6.02. The summed E-state index contributed by atoms with van der Waals surface area (Å²) in [6.45, 7) is 12.3. The maximum Gasteiger partial charge on any atom is 0.0624 e. The van der Waals surface area contributed by atoms with Crippen molar-refractivity contribution in [2.75, 3.05) is 6.54 Å². The molecule has 1 heterocycles. The van der Waals surface area contributed by atoms with Gasteiger partial charge in [0.2, 0.25) is 0 Å². The monoisotopic (exact) mass is 265 g/mol. The lowest BCUT2D eigenvalue weighted by Crippen LogP contribution is -2.38. The van der Waals surface area contributed by atoms with E-state index >= 15 is 0 Å². The van der Waals surface area contributed by atoms with Crippen molar-refractivity contribution in [1.29, 1.82) is 0 Å². The van der Waals surface area contributed by atoms with Crippen LogP contribution in [0.1, 0.15) is 58.8 Å². The zero-order valence-corrected chi connectivity index (χ0v) is 13.6. The molecule has 0 aromatic carbocycles. The molecule has 0 amide bonds. The van der Waals surface area contributed by atoms with Gasteiger partial charge >= 0.3 is 0 Å². The first kappa shape index (κ1) is 16.2. The predicted molar refractivity (Wildman–Crippen MR) is 82.4 cm³/mol. The number of hydrogen-bond acceptors (Lipinski definition) is 2. The Kier molecular flexibility index (Phi) is 6.05. The maximum atomic E-state index is 4.57. The van der Waals surface area contributed by atoms with Crippen LogP contribution in [-0.2, 0) is 19.9 Å². The second-order valence-electron chi connectivity index (χ2n) is 6.02. The van der Waals surface area contributed by atoms with Gasteiger partial charge in [0.15, 0.2) is 0 Å². The zero-order chi connectivity index (χ0) is 14.5. The minimum atomic E-state index is 0.350. The van der Waals surface area contributed by atoms with Gasteiger partial charge in [0, 0.05) is 25.3 Å². The van der Waals surface area contributed by atoms with Crippen LogP contribution in [0.25, 0.3) is 0 Å². The Morgan fingerprint density at radius 3 is 2.32 bits per heavy atom. The summed E-state index contributed by atoms with van der Waals surface area (Å²) in [6, 6.07) is 2.82. The zero-order valence-electron chi connectivity index (χ0n) is 13.6. The van der Waals surface area contributed by atoms with Crippen molar-refractivity contribution in [3.63, 3.8) is 0 Å². The number of rotatable bonds is 8. The summed E-state index contributed by atoms with van der Waals surface area (Å²) in [5, 5.41) is 8.19. The smallest absolute Gasteiger partial charge is 0.0624 e. The Morgan fingerprint density at radius 1 is 1.26 bits per heavy atom. The van der Waals surface area contributed by atoms with Crippen molar-refractivity contribution in [2.45, 2.75) is 66.3 Å². The van der Waals surface area contributed by atoms with E-state index < -0.39 is 0 Å². The predicted octanol–water partition coefficient (Wildman–Crippen LogP) is 3.33. The SMILES string of the molecule is CCc1cc(CC(CC)(CC)CNC(C)C)n(C)n1. The molecule has 19 heavy (non-hydrogen) atoms. The summed E-state index contributed by atoms with van der Waals surface area (Å²) in [5.74, 6) is 0. The third-order valence-corrected chi connectivity index (χ3v) is 4.33. The molecule has 1 rings (SSSR count). The van der Waals surface area contributed by atoms with Crippen LogP contribution in [0.2, 0.25) is 0 Å². The normalized spacial score (nSPS) is 12.4. The molecule has 0 fully saturated rings. The van der Waals surface area contributed by atoms with Gasteiger partial charge in [-0.2, -0.15) is 5.10 Å². The lowest BCUT2D eigenvalue weighted by molar-refractivity contribution is 0.234. The van der Waals surface area contributed by atoms with Gasteiger partial charge in [0.1, 0.15) is 0 Å². The van der Waals surface area contributed by atoms with Crippen LogP contribution in [-0.4, -0.2) is 22.4 Å². The Labute approximate surface area is 118 Å². The average molecular weight is 265 g/mol. The minimum absolute atomic E-state index is 0.350. The molecular formula is C16H31N3. The van der Waals surface area contributed by atoms with E-state index in [0.717, 1.165) is 19.4 Å². The molecule has 0 aliphatic carbocycles.